The Hall–Kier alpha value is -2.73. The van der Waals surface area contributed by atoms with Crippen LogP contribution in [-0.2, 0) is 20.1 Å². The molecule has 6 heteroatoms. The summed E-state index contributed by atoms with van der Waals surface area (Å²) in [4.78, 5) is 15.8. The van der Waals surface area contributed by atoms with Crippen molar-refractivity contribution in [3.63, 3.8) is 0 Å². The van der Waals surface area contributed by atoms with Gasteiger partial charge < -0.3 is 9.47 Å². The van der Waals surface area contributed by atoms with Crippen molar-refractivity contribution in [3.8, 4) is 0 Å². The van der Waals surface area contributed by atoms with Gasteiger partial charge in [0.15, 0.2) is 21.7 Å². The number of aromatic nitrogens is 4. The van der Waals surface area contributed by atoms with Gasteiger partial charge in [-0.25, -0.2) is 15.0 Å². The maximum Gasteiger partial charge on any atom is 0.179 e. The molecular weight excluding hydrogens is 390 g/mol. The third-order valence-corrected chi connectivity index (χ3v) is 5.02. The third kappa shape index (κ3) is 3.32. The van der Waals surface area contributed by atoms with Crippen LogP contribution in [0, 0.1) is 0 Å². The Labute approximate surface area is 160 Å². The average molecular weight is 408 g/mol. The number of rotatable bonds is 5. The van der Waals surface area contributed by atoms with E-state index in [0.717, 1.165) is 34.8 Å². The van der Waals surface area contributed by atoms with Crippen molar-refractivity contribution >= 4 is 32.9 Å². The number of halogens is 1. The van der Waals surface area contributed by atoms with E-state index in [1.165, 1.54) is 11.1 Å². The van der Waals surface area contributed by atoms with E-state index < -0.39 is 0 Å². The normalized spacial score (nSPS) is 11.0. The molecule has 0 saturated carbocycles. The summed E-state index contributed by atoms with van der Waals surface area (Å²) < 4.78 is 2.66. The second-order valence-electron chi connectivity index (χ2n) is 6.14. The Bertz CT molecular complexity index is 973. The Kier molecular flexibility index (Phi) is 4.67. The number of anilines is 1. The van der Waals surface area contributed by atoms with Crippen molar-refractivity contribution in [2.45, 2.75) is 13.1 Å². The summed E-state index contributed by atoms with van der Waals surface area (Å²) in [5, 5.41) is 0. The molecule has 4 aromatic rings. The van der Waals surface area contributed by atoms with Gasteiger partial charge >= 0.3 is 0 Å². The van der Waals surface area contributed by atoms with Crippen molar-refractivity contribution in [2.75, 3.05) is 4.90 Å². The molecule has 4 rings (SSSR count). The van der Waals surface area contributed by atoms with Crippen LogP contribution in [0.5, 0.6) is 0 Å². The molecule has 0 atom stereocenters. The molecule has 130 valence electrons. The fourth-order valence-corrected chi connectivity index (χ4v) is 3.35. The molecule has 0 aliphatic rings. The van der Waals surface area contributed by atoms with Gasteiger partial charge in [-0.15, -0.1) is 0 Å². The first kappa shape index (κ1) is 16.7. The second-order valence-corrected chi connectivity index (χ2v) is 6.85. The summed E-state index contributed by atoms with van der Waals surface area (Å²) in [6.07, 6.45) is 1.61. The van der Waals surface area contributed by atoms with Crippen molar-refractivity contribution in [2.24, 2.45) is 7.05 Å². The lowest BCUT2D eigenvalue weighted by atomic mass is 10.1. The minimum absolute atomic E-state index is 0.744. The number of fused-ring (bicyclic) bond motifs is 1. The molecule has 0 unspecified atom stereocenters. The summed E-state index contributed by atoms with van der Waals surface area (Å²) in [5.41, 5.74) is 4.07. The molecule has 0 saturated heterocycles. The first-order chi connectivity index (χ1) is 12.7. The monoisotopic (exact) mass is 407 g/mol. The predicted molar refractivity (Wildman–Crippen MR) is 107 cm³/mol. The van der Waals surface area contributed by atoms with Crippen LogP contribution in [0.1, 0.15) is 11.1 Å². The Balaban J connectivity index is 1.78. The molecule has 2 aromatic carbocycles. The van der Waals surface area contributed by atoms with E-state index in [1.807, 2.05) is 23.7 Å². The molecule has 0 spiro atoms. The van der Waals surface area contributed by atoms with Crippen LogP contribution in [0.3, 0.4) is 0 Å². The average Bonchev–Trinajstić information content (AvgIpc) is 2.97. The summed E-state index contributed by atoms with van der Waals surface area (Å²) in [5.74, 6) is 0.837. The number of hydrogen-bond acceptors (Lipinski definition) is 4. The zero-order valence-corrected chi connectivity index (χ0v) is 16.0. The molecule has 0 fully saturated rings. The molecule has 0 bridgehead atoms. The maximum atomic E-state index is 4.63. The van der Waals surface area contributed by atoms with Crippen molar-refractivity contribution in [1.29, 1.82) is 0 Å². The van der Waals surface area contributed by atoms with E-state index in [4.69, 9.17) is 0 Å². The van der Waals surface area contributed by atoms with Gasteiger partial charge in [-0.05, 0) is 27.1 Å². The lowest BCUT2D eigenvalue weighted by Crippen LogP contribution is -2.23. The van der Waals surface area contributed by atoms with Gasteiger partial charge in [-0.3, -0.25) is 0 Å². The Morgan fingerprint density at radius 1 is 0.885 bits per heavy atom. The number of aryl methyl sites for hydroxylation is 1. The molecule has 0 radical (unpaired) electrons. The summed E-state index contributed by atoms with van der Waals surface area (Å²) in [6.45, 7) is 1.49. The van der Waals surface area contributed by atoms with Gasteiger partial charge in [-0.1, -0.05) is 60.7 Å². The van der Waals surface area contributed by atoms with Crippen LogP contribution in [-0.4, -0.2) is 19.5 Å². The minimum atomic E-state index is 0.744. The molecule has 0 amide bonds. The van der Waals surface area contributed by atoms with E-state index in [1.54, 1.807) is 6.33 Å². The van der Waals surface area contributed by atoms with Gasteiger partial charge in [0.2, 0.25) is 0 Å². The van der Waals surface area contributed by atoms with Crippen molar-refractivity contribution < 1.29 is 0 Å². The van der Waals surface area contributed by atoms with Gasteiger partial charge in [0.05, 0.1) is 0 Å². The summed E-state index contributed by atoms with van der Waals surface area (Å²) in [6, 6.07) is 20.8. The highest BCUT2D eigenvalue weighted by Gasteiger charge is 2.18. The molecular formula is C20H18BrN5. The number of benzene rings is 2. The van der Waals surface area contributed by atoms with Gasteiger partial charge in [-0.2, -0.15) is 0 Å². The maximum absolute atomic E-state index is 4.63. The first-order valence-electron chi connectivity index (χ1n) is 8.38. The molecule has 2 aromatic heterocycles. The smallest absolute Gasteiger partial charge is 0.179 e. The summed E-state index contributed by atoms with van der Waals surface area (Å²) in [7, 11) is 1.94. The van der Waals surface area contributed by atoms with Crippen LogP contribution in [0.15, 0.2) is 71.7 Å². The topological polar surface area (TPSA) is 46.8 Å². The van der Waals surface area contributed by atoms with E-state index in [2.05, 4.69) is 84.3 Å². The molecule has 5 nitrogen and oxygen atoms in total. The fraction of sp³-hybridized carbons (Fsp3) is 0.150. The Morgan fingerprint density at radius 2 is 1.46 bits per heavy atom. The lowest BCUT2D eigenvalue weighted by molar-refractivity contribution is 0.784. The Morgan fingerprint density at radius 3 is 2.04 bits per heavy atom. The highest BCUT2D eigenvalue weighted by atomic mass is 79.9. The minimum Gasteiger partial charge on any atom is -0.346 e. The molecule has 0 aliphatic heterocycles. The second kappa shape index (κ2) is 7.25. The molecule has 0 N–H and O–H groups in total. The molecule has 0 aliphatic carbocycles. The molecule has 26 heavy (non-hydrogen) atoms. The van der Waals surface area contributed by atoms with E-state index in [-0.39, 0.29) is 0 Å². The van der Waals surface area contributed by atoms with Crippen LogP contribution in [0.25, 0.3) is 11.2 Å². The predicted octanol–water partition coefficient (Wildman–Crippen LogP) is 4.33. The lowest BCUT2D eigenvalue weighted by Gasteiger charge is -2.24. The van der Waals surface area contributed by atoms with E-state index in [0.29, 0.717) is 0 Å². The van der Waals surface area contributed by atoms with Crippen LogP contribution in [0.4, 0.5) is 5.82 Å². The van der Waals surface area contributed by atoms with Gasteiger partial charge in [0.25, 0.3) is 0 Å². The van der Waals surface area contributed by atoms with Crippen LogP contribution < -0.4 is 4.90 Å². The quantitative estimate of drug-likeness (QED) is 0.461. The van der Waals surface area contributed by atoms with Crippen LogP contribution in [0.2, 0.25) is 0 Å². The summed E-state index contributed by atoms with van der Waals surface area (Å²) >= 11 is 3.49. The number of nitrogens with zero attached hydrogens (tertiary/aromatic N) is 5. The SMILES string of the molecule is Cn1c(Br)nc2c(N(Cc3ccccc3)Cc3ccccc3)ncnc21. The molecule has 2 heterocycles. The zero-order valence-electron chi connectivity index (χ0n) is 14.4. The van der Waals surface area contributed by atoms with Gasteiger partial charge in [0, 0.05) is 20.1 Å². The van der Waals surface area contributed by atoms with E-state index >= 15 is 0 Å². The van der Waals surface area contributed by atoms with Crippen LogP contribution >= 0.6 is 15.9 Å². The first-order valence-corrected chi connectivity index (χ1v) is 9.17. The number of hydrogen-bond donors (Lipinski definition) is 0. The van der Waals surface area contributed by atoms with Gasteiger partial charge in [0.1, 0.15) is 6.33 Å². The standard InChI is InChI=1S/C20H18BrN5/c1-25-18-17(24-20(25)21)19(23-14-22-18)26(12-15-8-4-2-5-9-15)13-16-10-6-3-7-11-16/h2-11,14H,12-13H2,1H3. The highest BCUT2D eigenvalue weighted by molar-refractivity contribution is 9.10. The number of imidazole rings is 1. The fourth-order valence-electron chi connectivity index (χ4n) is 3.01. The van der Waals surface area contributed by atoms with Crippen molar-refractivity contribution in [3.05, 3.63) is 82.9 Å². The third-order valence-electron chi connectivity index (χ3n) is 4.31. The van der Waals surface area contributed by atoms with Crippen molar-refractivity contribution in [1.82, 2.24) is 19.5 Å². The van der Waals surface area contributed by atoms with E-state index in [9.17, 15) is 0 Å². The zero-order chi connectivity index (χ0) is 17.9. The largest absolute Gasteiger partial charge is 0.346 e. The highest BCUT2D eigenvalue weighted by Crippen LogP contribution is 2.27.